The second-order valence-corrected chi connectivity index (χ2v) is 6.08. The zero-order chi connectivity index (χ0) is 13.3. The van der Waals surface area contributed by atoms with Crippen molar-refractivity contribution in [1.29, 1.82) is 0 Å². The minimum absolute atomic E-state index is 0.527. The Labute approximate surface area is 118 Å². The van der Waals surface area contributed by atoms with Crippen molar-refractivity contribution >= 4 is 0 Å². The topological polar surface area (TPSA) is 30.5 Å². The minimum Gasteiger partial charge on any atom is -0.381 e. The Hall–Kier alpha value is -0.120. The van der Waals surface area contributed by atoms with Crippen LogP contribution in [0, 0.1) is 5.92 Å². The van der Waals surface area contributed by atoms with Gasteiger partial charge in [0, 0.05) is 25.9 Å². The molecule has 0 spiro atoms. The van der Waals surface area contributed by atoms with Gasteiger partial charge in [0.05, 0.1) is 6.10 Å². The van der Waals surface area contributed by atoms with Crippen LogP contribution in [-0.4, -0.2) is 38.5 Å². The fourth-order valence-electron chi connectivity index (χ4n) is 3.35. The molecule has 19 heavy (non-hydrogen) atoms. The van der Waals surface area contributed by atoms with Crippen molar-refractivity contribution in [2.45, 2.75) is 70.4 Å². The van der Waals surface area contributed by atoms with Crippen LogP contribution in [0.3, 0.4) is 0 Å². The van der Waals surface area contributed by atoms with Gasteiger partial charge in [-0.2, -0.15) is 0 Å². The van der Waals surface area contributed by atoms with E-state index in [9.17, 15) is 0 Å². The van der Waals surface area contributed by atoms with Gasteiger partial charge in [-0.05, 0) is 63.8 Å². The van der Waals surface area contributed by atoms with E-state index >= 15 is 0 Å². The number of hydrogen-bond donors (Lipinski definition) is 1. The molecule has 0 aromatic heterocycles. The minimum atomic E-state index is 0.527. The first-order chi connectivity index (χ1) is 9.40. The molecule has 0 aliphatic carbocycles. The molecule has 0 aromatic carbocycles. The molecular weight excluding hydrogens is 238 g/mol. The first-order valence-corrected chi connectivity index (χ1v) is 8.33. The lowest BCUT2D eigenvalue weighted by Crippen LogP contribution is -2.40. The van der Waals surface area contributed by atoms with E-state index < -0.39 is 0 Å². The van der Waals surface area contributed by atoms with Crippen LogP contribution in [0.2, 0.25) is 0 Å². The molecule has 0 radical (unpaired) electrons. The molecule has 1 N–H and O–H groups in total. The Morgan fingerprint density at radius 2 is 1.95 bits per heavy atom. The maximum atomic E-state index is 5.87. The Morgan fingerprint density at radius 3 is 2.63 bits per heavy atom. The number of nitrogens with one attached hydrogen (secondary N) is 1. The Morgan fingerprint density at radius 1 is 1.11 bits per heavy atom. The highest BCUT2D eigenvalue weighted by Gasteiger charge is 2.25. The SMILES string of the molecule is CCCNC(CCC1CCCCO1)C1CCOCC1. The molecule has 0 bridgehead atoms. The van der Waals surface area contributed by atoms with Gasteiger partial charge in [0.25, 0.3) is 0 Å². The lowest BCUT2D eigenvalue weighted by molar-refractivity contribution is 0.00409. The highest BCUT2D eigenvalue weighted by Crippen LogP contribution is 2.24. The monoisotopic (exact) mass is 269 g/mol. The molecule has 3 heteroatoms. The van der Waals surface area contributed by atoms with Crippen molar-refractivity contribution in [2.75, 3.05) is 26.4 Å². The van der Waals surface area contributed by atoms with Crippen LogP contribution < -0.4 is 5.32 Å². The summed E-state index contributed by atoms with van der Waals surface area (Å²) in [7, 11) is 0. The lowest BCUT2D eigenvalue weighted by Gasteiger charge is -2.32. The summed E-state index contributed by atoms with van der Waals surface area (Å²) in [6.07, 6.45) is 10.6. The van der Waals surface area contributed by atoms with Crippen molar-refractivity contribution in [1.82, 2.24) is 5.32 Å². The third kappa shape index (κ3) is 5.41. The van der Waals surface area contributed by atoms with Crippen LogP contribution in [-0.2, 0) is 9.47 Å². The summed E-state index contributed by atoms with van der Waals surface area (Å²) in [5, 5.41) is 3.77. The van der Waals surface area contributed by atoms with E-state index in [1.807, 2.05) is 0 Å². The standard InChI is InChI=1S/C16H31NO2/c1-2-10-17-16(14-8-12-18-13-9-14)7-6-15-5-3-4-11-19-15/h14-17H,2-13H2,1H3. The lowest BCUT2D eigenvalue weighted by atomic mass is 9.87. The molecule has 2 aliphatic heterocycles. The summed E-state index contributed by atoms with van der Waals surface area (Å²) in [6, 6.07) is 0.675. The molecule has 2 fully saturated rings. The molecule has 0 amide bonds. The number of ether oxygens (including phenoxy) is 2. The summed E-state index contributed by atoms with van der Waals surface area (Å²) < 4.78 is 11.4. The Bertz CT molecular complexity index is 223. The molecule has 2 aliphatic rings. The van der Waals surface area contributed by atoms with Crippen LogP contribution in [0.1, 0.15) is 58.3 Å². The van der Waals surface area contributed by atoms with Crippen LogP contribution in [0.15, 0.2) is 0 Å². The number of rotatable bonds is 7. The van der Waals surface area contributed by atoms with Crippen molar-refractivity contribution in [3.63, 3.8) is 0 Å². The van der Waals surface area contributed by atoms with Crippen LogP contribution in [0.5, 0.6) is 0 Å². The van der Waals surface area contributed by atoms with Gasteiger partial charge >= 0.3 is 0 Å². The third-order valence-corrected chi connectivity index (χ3v) is 4.57. The highest BCUT2D eigenvalue weighted by atomic mass is 16.5. The maximum absolute atomic E-state index is 5.87. The third-order valence-electron chi connectivity index (χ3n) is 4.57. The average Bonchev–Trinajstić information content (AvgIpc) is 2.49. The van der Waals surface area contributed by atoms with Crippen molar-refractivity contribution < 1.29 is 9.47 Å². The molecule has 2 atom stereocenters. The zero-order valence-electron chi connectivity index (χ0n) is 12.5. The maximum Gasteiger partial charge on any atom is 0.0575 e. The average molecular weight is 269 g/mol. The molecule has 2 rings (SSSR count). The van der Waals surface area contributed by atoms with Crippen molar-refractivity contribution in [2.24, 2.45) is 5.92 Å². The van der Waals surface area contributed by atoms with E-state index in [2.05, 4.69) is 12.2 Å². The molecule has 112 valence electrons. The van der Waals surface area contributed by atoms with Gasteiger partial charge in [-0.1, -0.05) is 6.92 Å². The van der Waals surface area contributed by atoms with Gasteiger partial charge in [0.15, 0.2) is 0 Å². The normalized spacial score (nSPS) is 27.3. The summed E-state index contributed by atoms with van der Waals surface area (Å²) in [5.41, 5.74) is 0. The molecule has 3 nitrogen and oxygen atoms in total. The van der Waals surface area contributed by atoms with Gasteiger partial charge in [-0.25, -0.2) is 0 Å². The summed E-state index contributed by atoms with van der Waals surface area (Å²) in [6.45, 7) is 6.28. The first kappa shape index (κ1) is 15.3. The van der Waals surface area contributed by atoms with Gasteiger partial charge < -0.3 is 14.8 Å². The zero-order valence-corrected chi connectivity index (χ0v) is 12.5. The van der Waals surface area contributed by atoms with Gasteiger partial charge in [0.1, 0.15) is 0 Å². The molecular formula is C16H31NO2. The number of hydrogen-bond acceptors (Lipinski definition) is 3. The molecule has 2 unspecified atom stereocenters. The fourth-order valence-corrected chi connectivity index (χ4v) is 3.35. The van der Waals surface area contributed by atoms with Gasteiger partial charge in [0.2, 0.25) is 0 Å². The fraction of sp³-hybridized carbons (Fsp3) is 1.00. The van der Waals surface area contributed by atoms with Crippen molar-refractivity contribution in [3.05, 3.63) is 0 Å². The van der Waals surface area contributed by atoms with Gasteiger partial charge in [-0.15, -0.1) is 0 Å². The Kier molecular flexibility index (Phi) is 7.18. The summed E-state index contributed by atoms with van der Waals surface area (Å²) in [4.78, 5) is 0. The summed E-state index contributed by atoms with van der Waals surface area (Å²) >= 11 is 0. The molecule has 0 aromatic rings. The Balaban J connectivity index is 1.74. The van der Waals surface area contributed by atoms with E-state index in [-0.39, 0.29) is 0 Å². The van der Waals surface area contributed by atoms with E-state index in [1.165, 1.54) is 51.4 Å². The second kappa shape index (κ2) is 8.93. The quantitative estimate of drug-likeness (QED) is 0.770. The predicted octanol–water partition coefficient (Wildman–Crippen LogP) is 3.13. The smallest absolute Gasteiger partial charge is 0.0575 e. The predicted molar refractivity (Wildman–Crippen MR) is 78.4 cm³/mol. The highest BCUT2D eigenvalue weighted by molar-refractivity contribution is 4.80. The molecule has 2 heterocycles. The van der Waals surface area contributed by atoms with E-state index in [1.54, 1.807) is 0 Å². The van der Waals surface area contributed by atoms with E-state index in [0.717, 1.165) is 32.3 Å². The van der Waals surface area contributed by atoms with Crippen LogP contribution in [0.4, 0.5) is 0 Å². The van der Waals surface area contributed by atoms with Crippen LogP contribution in [0.25, 0.3) is 0 Å². The molecule has 0 saturated carbocycles. The van der Waals surface area contributed by atoms with E-state index in [4.69, 9.17) is 9.47 Å². The van der Waals surface area contributed by atoms with Gasteiger partial charge in [-0.3, -0.25) is 0 Å². The van der Waals surface area contributed by atoms with Crippen LogP contribution >= 0.6 is 0 Å². The molecule has 2 saturated heterocycles. The largest absolute Gasteiger partial charge is 0.381 e. The second-order valence-electron chi connectivity index (χ2n) is 6.08. The first-order valence-electron chi connectivity index (χ1n) is 8.33. The summed E-state index contributed by atoms with van der Waals surface area (Å²) in [5.74, 6) is 0.809. The van der Waals surface area contributed by atoms with Crippen molar-refractivity contribution in [3.8, 4) is 0 Å². The van der Waals surface area contributed by atoms with E-state index in [0.29, 0.717) is 12.1 Å².